The second kappa shape index (κ2) is 5.85. The molecule has 5 nitrogen and oxygen atoms in total. The van der Waals surface area contributed by atoms with Crippen molar-refractivity contribution in [3.8, 4) is 0 Å². The molecule has 1 unspecified atom stereocenters. The van der Waals surface area contributed by atoms with Crippen molar-refractivity contribution >= 4 is 9.84 Å². The van der Waals surface area contributed by atoms with Gasteiger partial charge in [0.1, 0.15) is 11.0 Å². The molecule has 2 rings (SSSR count). The van der Waals surface area contributed by atoms with Crippen LogP contribution in [0.25, 0.3) is 0 Å². The maximum absolute atomic E-state index is 12.0. The summed E-state index contributed by atoms with van der Waals surface area (Å²) < 4.78 is 29.7. The van der Waals surface area contributed by atoms with Crippen LogP contribution in [0.4, 0.5) is 0 Å². The van der Waals surface area contributed by atoms with E-state index in [0.29, 0.717) is 24.5 Å². The molecule has 0 bridgehead atoms. The van der Waals surface area contributed by atoms with Crippen LogP contribution in [-0.4, -0.2) is 31.2 Å². The number of hydrogen-bond acceptors (Lipinski definition) is 5. The second-order valence-corrected chi connectivity index (χ2v) is 8.74. The monoisotopic (exact) mass is 300 g/mol. The number of sulfone groups is 1. The third-order valence-electron chi connectivity index (χ3n) is 3.46. The first-order valence-electron chi connectivity index (χ1n) is 7.19. The molecule has 1 atom stereocenters. The summed E-state index contributed by atoms with van der Waals surface area (Å²) in [5.41, 5.74) is 0.0577. The molecular weight excluding hydrogens is 276 g/mol. The van der Waals surface area contributed by atoms with Crippen LogP contribution in [0.5, 0.6) is 0 Å². The van der Waals surface area contributed by atoms with E-state index in [-0.39, 0.29) is 11.3 Å². The predicted octanol–water partition coefficient (Wildman–Crippen LogP) is 2.25. The van der Waals surface area contributed by atoms with E-state index in [1.165, 1.54) is 0 Å². The van der Waals surface area contributed by atoms with Crippen molar-refractivity contribution in [3.63, 3.8) is 0 Å². The molecule has 1 aromatic rings. The van der Waals surface area contributed by atoms with Crippen LogP contribution in [0, 0.1) is 0 Å². The summed E-state index contributed by atoms with van der Waals surface area (Å²) in [5, 5.41) is 2.86. The van der Waals surface area contributed by atoms with Crippen LogP contribution in [0.1, 0.15) is 56.9 Å². The van der Waals surface area contributed by atoms with Gasteiger partial charge < -0.3 is 9.73 Å². The Bertz CT molecular complexity index is 543. The first-order chi connectivity index (χ1) is 9.28. The van der Waals surface area contributed by atoms with Gasteiger partial charge in [-0.1, -0.05) is 6.42 Å². The second-order valence-electron chi connectivity index (χ2n) is 6.43. The molecule has 1 aliphatic heterocycles. The van der Waals surface area contributed by atoms with E-state index in [4.69, 9.17) is 4.42 Å². The average molecular weight is 300 g/mol. The summed E-state index contributed by atoms with van der Waals surface area (Å²) in [6, 6.07) is 0. The van der Waals surface area contributed by atoms with E-state index in [1.54, 1.807) is 6.20 Å². The molecule has 20 heavy (non-hydrogen) atoms. The third-order valence-corrected chi connectivity index (χ3v) is 5.65. The highest BCUT2D eigenvalue weighted by molar-refractivity contribution is 7.91. The summed E-state index contributed by atoms with van der Waals surface area (Å²) in [4.78, 5) is 4.21. The molecule has 0 amide bonds. The summed E-state index contributed by atoms with van der Waals surface area (Å²) in [6.07, 6.45) is 4.60. The number of nitrogens with one attached hydrogen (secondary N) is 1. The van der Waals surface area contributed by atoms with E-state index in [1.807, 2.05) is 0 Å². The van der Waals surface area contributed by atoms with Crippen LogP contribution < -0.4 is 5.32 Å². The first kappa shape index (κ1) is 15.5. The Morgan fingerprint density at radius 3 is 2.80 bits per heavy atom. The fourth-order valence-corrected chi connectivity index (χ4v) is 4.29. The van der Waals surface area contributed by atoms with Crippen molar-refractivity contribution in [2.45, 2.75) is 57.2 Å². The summed E-state index contributed by atoms with van der Waals surface area (Å²) in [6.45, 7) is 7.06. The lowest BCUT2D eigenvalue weighted by Gasteiger charge is -2.20. The minimum Gasteiger partial charge on any atom is -0.444 e. The van der Waals surface area contributed by atoms with Gasteiger partial charge in [0.05, 0.1) is 11.9 Å². The number of aromatic nitrogens is 1. The van der Waals surface area contributed by atoms with Gasteiger partial charge in [0.2, 0.25) is 0 Å². The molecule has 1 aromatic heterocycles. The zero-order valence-corrected chi connectivity index (χ0v) is 13.3. The third kappa shape index (κ3) is 4.06. The Balaban J connectivity index is 1.98. The van der Waals surface area contributed by atoms with Gasteiger partial charge in [-0.3, -0.25) is 0 Å². The lowest BCUT2D eigenvalue weighted by molar-refractivity contribution is 0.396. The van der Waals surface area contributed by atoms with Crippen molar-refractivity contribution in [3.05, 3.63) is 17.8 Å². The smallest absolute Gasteiger partial charge is 0.195 e. The normalized spacial score (nSPS) is 22.9. The quantitative estimate of drug-likeness (QED) is 0.923. The Morgan fingerprint density at radius 2 is 2.15 bits per heavy atom. The van der Waals surface area contributed by atoms with E-state index in [9.17, 15) is 8.42 Å². The Kier molecular flexibility index (Phi) is 4.54. The number of rotatable bonds is 4. The summed E-state index contributed by atoms with van der Waals surface area (Å²) in [5.74, 6) is 1.38. The molecule has 1 N–H and O–H groups in total. The molecule has 0 aromatic carbocycles. The average Bonchev–Trinajstić information content (AvgIpc) is 2.75. The van der Waals surface area contributed by atoms with Crippen molar-refractivity contribution in [1.82, 2.24) is 10.3 Å². The van der Waals surface area contributed by atoms with Crippen molar-refractivity contribution in [2.75, 3.05) is 12.3 Å². The molecule has 0 spiro atoms. The zero-order valence-electron chi connectivity index (χ0n) is 12.5. The van der Waals surface area contributed by atoms with Gasteiger partial charge in [-0.15, -0.1) is 0 Å². The Hall–Kier alpha value is -0.880. The summed E-state index contributed by atoms with van der Waals surface area (Å²) in [7, 11) is -3.06. The minimum absolute atomic E-state index is 0.0577. The topological polar surface area (TPSA) is 72.2 Å². The minimum atomic E-state index is -3.06. The van der Waals surface area contributed by atoms with E-state index in [2.05, 4.69) is 31.1 Å². The predicted molar refractivity (Wildman–Crippen MR) is 78.3 cm³/mol. The molecule has 0 aliphatic carbocycles. The molecule has 1 saturated heterocycles. The molecule has 114 valence electrons. The molecule has 6 heteroatoms. The van der Waals surface area contributed by atoms with Crippen LogP contribution in [0.15, 0.2) is 10.6 Å². The molecule has 0 saturated carbocycles. The lowest BCUT2D eigenvalue weighted by Crippen LogP contribution is -2.37. The van der Waals surface area contributed by atoms with Crippen molar-refractivity contribution in [2.24, 2.45) is 0 Å². The Morgan fingerprint density at radius 1 is 1.40 bits per heavy atom. The van der Waals surface area contributed by atoms with Gasteiger partial charge in [-0.25, -0.2) is 13.4 Å². The number of hydrogen-bond donors (Lipinski definition) is 1. The Labute approximate surface area is 121 Å². The van der Waals surface area contributed by atoms with E-state index in [0.717, 1.165) is 19.4 Å². The van der Waals surface area contributed by atoms with E-state index < -0.39 is 15.1 Å². The van der Waals surface area contributed by atoms with Gasteiger partial charge in [0.25, 0.3) is 0 Å². The summed E-state index contributed by atoms with van der Waals surface area (Å²) >= 11 is 0. The van der Waals surface area contributed by atoms with Gasteiger partial charge >= 0.3 is 0 Å². The molecule has 0 radical (unpaired) electrons. The maximum Gasteiger partial charge on any atom is 0.195 e. The number of oxazole rings is 1. The highest BCUT2D eigenvalue weighted by Gasteiger charge is 2.33. The van der Waals surface area contributed by atoms with Gasteiger partial charge in [-0.2, -0.15) is 0 Å². The largest absolute Gasteiger partial charge is 0.444 e. The molecule has 2 heterocycles. The zero-order chi connectivity index (χ0) is 14.8. The fourth-order valence-electron chi connectivity index (χ4n) is 2.41. The highest BCUT2D eigenvalue weighted by Crippen LogP contribution is 2.33. The SMILES string of the molecule is CC(C)(C)NCCc1ncc(C2CCCCS2(=O)=O)o1. The van der Waals surface area contributed by atoms with E-state index >= 15 is 0 Å². The molecule has 1 aliphatic rings. The van der Waals surface area contributed by atoms with Crippen LogP contribution >= 0.6 is 0 Å². The first-order valence-corrected chi connectivity index (χ1v) is 8.91. The highest BCUT2D eigenvalue weighted by atomic mass is 32.2. The van der Waals surface area contributed by atoms with Crippen molar-refractivity contribution < 1.29 is 12.8 Å². The van der Waals surface area contributed by atoms with Gasteiger partial charge in [-0.05, 0) is 33.6 Å². The van der Waals surface area contributed by atoms with Crippen molar-refractivity contribution in [1.29, 1.82) is 0 Å². The van der Waals surface area contributed by atoms with Crippen LogP contribution in [0.3, 0.4) is 0 Å². The molecule has 1 fully saturated rings. The van der Waals surface area contributed by atoms with Gasteiger partial charge in [0, 0.05) is 18.5 Å². The maximum atomic E-state index is 12.0. The molecular formula is C14H24N2O3S. The number of nitrogens with zero attached hydrogens (tertiary/aromatic N) is 1. The van der Waals surface area contributed by atoms with Crippen LogP contribution in [0.2, 0.25) is 0 Å². The lowest BCUT2D eigenvalue weighted by atomic mass is 10.1. The van der Waals surface area contributed by atoms with Crippen LogP contribution in [-0.2, 0) is 16.3 Å². The fraction of sp³-hybridized carbons (Fsp3) is 0.786. The van der Waals surface area contributed by atoms with Gasteiger partial charge in [0.15, 0.2) is 15.7 Å². The standard InChI is InChI=1S/C14H24N2O3S/c1-14(2,3)16-8-7-13-15-10-11(19-13)12-6-4-5-9-20(12,17)18/h10,12,16H,4-9H2,1-3H3.